The van der Waals surface area contributed by atoms with Gasteiger partial charge in [0.2, 0.25) is 0 Å². The van der Waals surface area contributed by atoms with Gasteiger partial charge in [0.25, 0.3) is 0 Å². The molecule has 1 nitrogen and oxygen atoms in total. The first-order chi connectivity index (χ1) is 9.51. The quantitative estimate of drug-likeness (QED) is 0.656. The van der Waals surface area contributed by atoms with Crippen molar-refractivity contribution in [3.05, 3.63) is 59.2 Å². The maximum absolute atomic E-state index is 13.8. The lowest BCUT2D eigenvalue weighted by Crippen LogP contribution is -1.98. The van der Waals surface area contributed by atoms with Gasteiger partial charge in [-0.3, -0.25) is 4.79 Å². The molecular formula is C16H14F2OS. The van der Waals surface area contributed by atoms with E-state index >= 15 is 0 Å². The summed E-state index contributed by atoms with van der Waals surface area (Å²) in [5.41, 5.74) is 2.29. The van der Waals surface area contributed by atoms with Gasteiger partial charge in [-0.05, 0) is 54.5 Å². The van der Waals surface area contributed by atoms with Crippen LogP contribution in [-0.2, 0) is 6.42 Å². The molecule has 0 saturated carbocycles. The summed E-state index contributed by atoms with van der Waals surface area (Å²) in [6.45, 7) is 1.46. The lowest BCUT2D eigenvalue weighted by molar-refractivity contribution is 0.101. The van der Waals surface area contributed by atoms with E-state index < -0.39 is 11.6 Å². The van der Waals surface area contributed by atoms with Crippen LogP contribution in [0.2, 0.25) is 0 Å². The van der Waals surface area contributed by atoms with Crippen LogP contribution >= 0.6 is 12.6 Å². The highest BCUT2D eigenvalue weighted by molar-refractivity contribution is 7.80. The molecule has 0 aliphatic heterocycles. The van der Waals surface area contributed by atoms with E-state index in [2.05, 4.69) is 12.6 Å². The lowest BCUT2D eigenvalue weighted by Gasteiger charge is -2.09. The number of ketones is 1. The van der Waals surface area contributed by atoms with E-state index in [1.807, 2.05) is 0 Å². The fourth-order valence-electron chi connectivity index (χ4n) is 2.05. The van der Waals surface area contributed by atoms with Gasteiger partial charge in [-0.25, -0.2) is 8.78 Å². The van der Waals surface area contributed by atoms with Crippen LogP contribution in [0.1, 0.15) is 22.8 Å². The minimum absolute atomic E-state index is 0.0882. The predicted octanol–water partition coefficient (Wildman–Crippen LogP) is 4.31. The Bertz CT molecular complexity index is 653. The standard InChI is InChI=1S/C16H14F2OS/c1-10(19)12-6-11(4-5-20)7-13(8-12)15-3-2-14(17)9-16(15)18/h2-3,6-9,20H,4-5H2,1H3. The normalized spacial score (nSPS) is 10.6. The number of hydrogen-bond donors (Lipinski definition) is 1. The highest BCUT2D eigenvalue weighted by Crippen LogP contribution is 2.26. The third kappa shape index (κ3) is 3.25. The number of aryl methyl sites for hydroxylation is 1. The van der Waals surface area contributed by atoms with E-state index in [9.17, 15) is 13.6 Å². The molecule has 0 unspecified atom stereocenters. The summed E-state index contributed by atoms with van der Waals surface area (Å²) in [5, 5.41) is 0. The number of hydrogen-bond acceptors (Lipinski definition) is 2. The van der Waals surface area contributed by atoms with Gasteiger partial charge in [0.15, 0.2) is 5.78 Å². The number of carbonyl (C=O) groups excluding carboxylic acids is 1. The molecule has 0 amide bonds. The van der Waals surface area contributed by atoms with Crippen LogP contribution in [0, 0.1) is 11.6 Å². The predicted molar refractivity (Wildman–Crippen MR) is 79.4 cm³/mol. The summed E-state index contributed by atoms with van der Waals surface area (Å²) in [4.78, 5) is 11.6. The molecule has 20 heavy (non-hydrogen) atoms. The van der Waals surface area contributed by atoms with Gasteiger partial charge in [0.05, 0.1) is 0 Å². The van der Waals surface area contributed by atoms with Gasteiger partial charge >= 0.3 is 0 Å². The maximum atomic E-state index is 13.8. The van der Waals surface area contributed by atoms with Crippen LogP contribution < -0.4 is 0 Å². The number of carbonyl (C=O) groups is 1. The van der Waals surface area contributed by atoms with Crippen LogP contribution in [0.25, 0.3) is 11.1 Å². The van der Waals surface area contributed by atoms with E-state index in [1.165, 1.54) is 19.1 Å². The van der Waals surface area contributed by atoms with Gasteiger partial charge in [-0.1, -0.05) is 6.07 Å². The second-order valence-electron chi connectivity index (χ2n) is 4.57. The first-order valence-electron chi connectivity index (χ1n) is 6.22. The SMILES string of the molecule is CC(=O)c1cc(CCS)cc(-c2ccc(F)cc2F)c1. The average Bonchev–Trinajstić information content (AvgIpc) is 2.38. The van der Waals surface area contributed by atoms with Crippen LogP contribution in [0.15, 0.2) is 36.4 Å². The van der Waals surface area contributed by atoms with Gasteiger partial charge in [0.1, 0.15) is 11.6 Å². The molecule has 2 aromatic rings. The first-order valence-corrected chi connectivity index (χ1v) is 6.85. The number of Topliss-reactive ketones (excluding diaryl/α,β-unsaturated/α-hetero) is 1. The molecule has 0 aliphatic rings. The molecule has 2 rings (SSSR count). The maximum Gasteiger partial charge on any atom is 0.159 e. The molecule has 4 heteroatoms. The molecule has 104 valence electrons. The zero-order chi connectivity index (χ0) is 14.7. The summed E-state index contributed by atoms with van der Waals surface area (Å²) < 4.78 is 26.8. The largest absolute Gasteiger partial charge is 0.295 e. The number of thiol groups is 1. The van der Waals surface area contributed by atoms with Crippen molar-refractivity contribution < 1.29 is 13.6 Å². The summed E-state index contributed by atoms with van der Waals surface area (Å²) in [6, 6.07) is 8.64. The van der Waals surface area contributed by atoms with E-state index in [0.29, 0.717) is 23.3 Å². The van der Waals surface area contributed by atoms with Gasteiger partial charge in [-0.2, -0.15) is 12.6 Å². The van der Waals surface area contributed by atoms with E-state index in [4.69, 9.17) is 0 Å². The van der Waals surface area contributed by atoms with Crippen molar-refractivity contribution in [1.29, 1.82) is 0 Å². The monoisotopic (exact) mass is 292 g/mol. The van der Waals surface area contributed by atoms with Gasteiger partial charge < -0.3 is 0 Å². The number of rotatable bonds is 4. The van der Waals surface area contributed by atoms with E-state index in [0.717, 1.165) is 11.6 Å². The molecule has 0 saturated heterocycles. The second kappa shape index (κ2) is 6.18. The molecule has 0 heterocycles. The number of benzene rings is 2. The third-order valence-electron chi connectivity index (χ3n) is 3.04. The zero-order valence-electron chi connectivity index (χ0n) is 11.0. The van der Waals surface area contributed by atoms with Gasteiger partial charge in [0, 0.05) is 17.2 Å². The Morgan fingerprint density at radius 2 is 1.90 bits per heavy atom. The van der Waals surface area contributed by atoms with Crippen LogP contribution in [0.4, 0.5) is 8.78 Å². The van der Waals surface area contributed by atoms with Crippen LogP contribution in [0.3, 0.4) is 0 Å². The average molecular weight is 292 g/mol. The van der Waals surface area contributed by atoms with Crippen molar-refractivity contribution in [1.82, 2.24) is 0 Å². The van der Waals surface area contributed by atoms with Crippen molar-refractivity contribution in [3.8, 4) is 11.1 Å². The van der Waals surface area contributed by atoms with Crippen LogP contribution in [0.5, 0.6) is 0 Å². The molecule has 0 N–H and O–H groups in total. The topological polar surface area (TPSA) is 17.1 Å². The summed E-state index contributed by atoms with van der Waals surface area (Å²) in [6.07, 6.45) is 0.681. The molecule has 0 radical (unpaired) electrons. The summed E-state index contributed by atoms with van der Waals surface area (Å²) >= 11 is 4.16. The van der Waals surface area contributed by atoms with E-state index in [-0.39, 0.29) is 11.3 Å². The van der Waals surface area contributed by atoms with Gasteiger partial charge in [-0.15, -0.1) is 0 Å². The Morgan fingerprint density at radius 1 is 1.15 bits per heavy atom. The second-order valence-corrected chi connectivity index (χ2v) is 5.02. The molecule has 0 aliphatic carbocycles. The van der Waals surface area contributed by atoms with E-state index in [1.54, 1.807) is 18.2 Å². The Hall–Kier alpha value is -1.68. The molecule has 2 aromatic carbocycles. The van der Waals surface area contributed by atoms with Crippen molar-refractivity contribution in [2.45, 2.75) is 13.3 Å². The van der Waals surface area contributed by atoms with Crippen molar-refractivity contribution in [3.63, 3.8) is 0 Å². The third-order valence-corrected chi connectivity index (χ3v) is 3.27. The Kier molecular flexibility index (Phi) is 4.55. The molecule has 0 bridgehead atoms. The molecular weight excluding hydrogens is 278 g/mol. The zero-order valence-corrected chi connectivity index (χ0v) is 11.9. The highest BCUT2D eigenvalue weighted by atomic mass is 32.1. The Balaban J connectivity index is 2.57. The summed E-state index contributed by atoms with van der Waals surface area (Å²) in [5.74, 6) is -0.714. The van der Waals surface area contributed by atoms with Crippen molar-refractivity contribution in [2.75, 3.05) is 5.75 Å². The first kappa shape index (κ1) is 14.7. The molecule has 0 aromatic heterocycles. The number of halogens is 2. The minimum Gasteiger partial charge on any atom is -0.295 e. The van der Waals surface area contributed by atoms with Crippen molar-refractivity contribution in [2.24, 2.45) is 0 Å². The fourth-order valence-corrected chi connectivity index (χ4v) is 2.31. The Morgan fingerprint density at radius 3 is 2.50 bits per heavy atom. The minimum atomic E-state index is -0.637. The molecule has 0 fully saturated rings. The highest BCUT2D eigenvalue weighted by Gasteiger charge is 2.10. The smallest absolute Gasteiger partial charge is 0.159 e. The fraction of sp³-hybridized carbons (Fsp3) is 0.188. The lowest BCUT2D eigenvalue weighted by atomic mass is 9.97. The van der Waals surface area contributed by atoms with Crippen LogP contribution in [-0.4, -0.2) is 11.5 Å². The summed E-state index contributed by atoms with van der Waals surface area (Å²) in [7, 11) is 0. The Labute approximate surface area is 122 Å². The molecule has 0 atom stereocenters. The van der Waals surface area contributed by atoms with Crippen molar-refractivity contribution >= 4 is 18.4 Å². The molecule has 0 spiro atoms.